The number of hydrogen-bond donors (Lipinski definition) is 0. The summed E-state index contributed by atoms with van der Waals surface area (Å²) in [6.45, 7) is 17.1. The van der Waals surface area contributed by atoms with E-state index in [1.54, 1.807) is 10.9 Å². The molecule has 0 amide bonds. The van der Waals surface area contributed by atoms with Gasteiger partial charge in [-0.25, -0.2) is 0 Å². The number of benzene rings is 2. The molecule has 0 saturated carbocycles. The molecule has 29 heavy (non-hydrogen) atoms. The molecule has 154 valence electrons. The molecule has 2 heteroatoms. The van der Waals surface area contributed by atoms with Crippen molar-refractivity contribution >= 4 is 26.5 Å². The van der Waals surface area contributed by atoms with Crippen molar-refractivity contribution in [2.75, 3.05) is 0 Å². The first-order valence-corrected chi connectivity index (χ1v) is 13.4. The van der Waals surface area contributed by atoms with E-state index >= 15 is 0 Å². The lowest BCUT2D eigenvalue weighted by Crippen LogP contribution is -2.27. The summed E-state index contributed by atoms with van der Waals surface area (Å²) in [7, 11) is -0.696. The molecule has 0 bridgehead atoms. The first-order valence-electron chi connectivity index (χ1n) is 10.7. The lowest BCUT2D eigenvalue weighted by molar-refractivity contribution is 0.709. The Morgan fingerprint density at radius 1 is 0.724 bits per heavy atom. The third-order valence-electron chi connectivity index (χ3n) is 5.46. The second-order valence-corrected chi connectivity index (χ2v) is 16.3. The molecule has 0 radical (unpaired) electrons. The summed E-state index contributed by atoms with van der Waals surface area (Å²) in [4.78, 5) is 0. The highest BCUT2D eigenvalue weighted by Gasteiger charge is 2.39. The van der Waals surface area contributed by atoms with Crippen LogP contribution in [0.2, 0.25) is 0 Å². The Hall–Kier alpha value is -1.22. The summed E-state index contributed by atoms with van der Waals surface area (Å²) < 4.78 is 0. The molecular weight excluding hydrogens is 386 g/mol. The van der Waals surface area contributed by atoms with E-state index < -0.39 is 7.92 Å². The van der Waals surface area contributed by atoms with E-state index in [9.17, 15) is 0 Å². The standard InChI is InChI=1S/C27H36P2/c1-21(24-19-14-20-25(24)29(26(2,3)4)27(5,6)7)28(22-15-10-8-11-16-22)23-17-12-9-13-18-23/h8-19,21H,20H2,1-7H3/t21-/m0/s1. The average molecular weight is 423 g/mol. The molecule has 1 atom stereocenters. The first kappa shape index (κ1) is 22.5. The maximum Gasteiger partial charge on any atom is 0.00968 e. The minimum atomic E-state index is -0.445. The number of allylic oxidation sites excluding steroid dienone is 4. The predicted octanol–water partition coefficient (Wildman–Crippen LogP) is 7.80. The highest BCUT2D eigenvalue weighted by Crippen LogP contribution is 2.68. The number of rotatable bonds is 5. The van der Waals surface area contributed by atoms with Crippen molar-refractivity contribution in [3.05, 3.63) is 83.7 Å². The normalized spacial score (nSPS) is 16.2. The van der Waals surface area contributed by atoms with Gasteiger partial charge in [-0.2, -0.15) is 0 Å². The zero-order valence-electron chi connectivity index (χ0n) is 19.1. The number of hydrogen-bond acceptors (Lipinski definition) is 0. The molecule has 0 spiro atoms. The summed E-state index contributed by atoms with van der Waals surface area (Å²) in [5.74, 6) is 0. The molecular formula is C27H36P2. The Morgan fingerprint density at radius 2 is 1.17 bits per heavy atom. The van der Waals surface area contributed by atoms with Crippen LogP contribution >= 0.6 is 15.8 Å². The second kappa shape index (κ2) is 8.88. The summed E-state index contributed by atoms with van der Waals surface area (Å²) in [6, 6.07) is 22.3. The molecule has 0 N–H and O–H groups in total. The van der Waals surface area contributed by atoms with Crippen molar-refractivity contribution in [3.63, 3.8) is 0 Å². The van der Waals surface area contributed by atoms with Crippen LogP contribution in [0.4, 0.5) is 0 Å². The van der Waals surface area contributed by atoms with E-state index in [0.29, 0.717) is 16.0 Å². The van der Waals surface area contributed by atoms with E-state index in [1.165, 1.54) is 10.6 Å². The van der Waals surface area contributed by atoms with Crippen LogP contribution in [-0.4, -0.2) is 16.0 Å². The maximum absolute atomic E-state index is 2.47. The quantitative estimate of drug-likeness (QED) is 0.431. The minimum absolute atomic E-state index is 0.251. The van der Waals surface area contributed by atoms with Gasteiger partial charge in [-0.05, 0) is 46.2 Å². The summed E-state index contributed by atoms with van der Waals surface area (Å²) in [5, 5.41) is 5.30. The second-order valence-electron chi connectivity index (χ2n) is 9.90. The fraction of sp³-hybridized carbons (Fsp3) is 0.407. The van der Waals surface area contributed by atoms with Crippen molar-refractivity contribution in [1.82, 2.24) is 0 Å². The molecule has 1 aliphatic carbocycles. The summed E-state index contributed by atoms with van der Waals surface area (Å²) in [6.07, 6.45) is 6.00. The van der Waals surface area contributed by atoms with Crippen molar-refractivity contribution < 1.29 is 0 Å². The highest BCUT2D eigenvalue weighted by atomic mass is 31.1. The van der Waals surface area contributed by atoms with Crippen LogP contribution in [0.3, 0.4) is 0 Å². The largest absolute Gasteiger partial charge is 0.0798 e. The molecule has 0 nitrogen and oxygen atoms in total. The Morgan fingerprint density at radius 3 is 1.59 bits per heavy atom. The van der Waals surface area contributed by atoms with E-state index in [0.717, 1.165) is 6.42 Å². The van der Waals surface area contributed by atoms with Gasteiger partial charge in [-0.15, -0.1) is 0 Å². The minimum Gasteiger partial charge on any atom is -0.0798 e. The van der Waals surface area contributed by atoms with Gasteiger partial charge in [0.2, 0.25) is 0 Å². The fourth-order valence-corrected chi connectivity index (χ4v) is 12.1. The molecule has 2 aromatic rings. The van der Waals surface area contributed by atoms with Crippen LogP contribution in [0.5, 0.6) is 0 Å². The monoisotopic (exact) mass is 422 g/mol. The fourth-order valence-electron chi connectivity index (χ4n) is 4.84. The van der Waals surface area contributed by atoms with Gasteiger partial charge in [0.1, 0.15) is 0 Å². The van der Waals surface area contributed by atoms with Crippen LogP contribution in [0, 0.1) is 0 Å². The van der Waals surface area contributed by atoms with Gasteiger partial charge >= 0.3 is 0 Å². The molecule has 0 heterocycles. The van der Waals surface area contributed by atoms with Crippen LogP contribution in [-0.2, 0) is 0 Å². The van der Waals surface area contributed by atoms with Gasteiger partial charge in [0.05, 0.1) is 0 Å². The van der Waals surface area contributed by atoms with E-state index in [-0.39, 0.29) is 7.92 Å². The third kappa shape index (κ3) is 5.10. The first-order chi connectivity index (χ1) is 13.6. The van der Waals surface area contributed by atoms with Crippen LogP contribution in [0.1, 0.15) is 54.9 Å². The van der Waals surface area contributed by atoms with Crippen molar-refractivity contribution in [2.45, 2.75) is 70.9 Å². The Labute approximate surface area is 181 Å². The molecule has 1 aliphatic rings. The van der Waals surface area contributed by atoms with E-state index in [4.69, 9.17) is 0 Å². The van der Waals surface area contributed by atoms with Crippen LogP contribution < -0.4 is 10.6 Å². The lowest BCUT2D eigenvalue weighted by Gasteiger charge is -2.44. The van der Waals surface area contributed by atoms with Gasteiger partial charge in [-0.3, -0.25) is 0 Å². The van der Waals surface area contributed by atoms with Gasteiger partial charge in [0.15, 0.2) is 0 Å². The molecule has 0 aromatic heterocycles. The molecule has 2 aromatic carbocycles. The van der Waals surface area contributed by atoms with Crippen LogP contribution in [0.25, 0.3) is 0 Å². The molecule has 0 unspecified atom stereocenters. The zero-order valence-corrected chi connectivity index (χ0v) is 20.9. The third-order valence-corrected chi connectivity index (χ3v) is 11.9. The topological polar surface area (TPSA) is 0 Å². The predicted molar refractivity (Wildman–Crippen MR) is 136 cm³/mol. The molecule has 3 rings (SSSR count). The molecule has 0 saturated heterocycles. The van der Waals surface area contributed by atoms with Crippen molar-refractivity contribution in [1.29, 1.82) is 0 Å². The van der Waals surface area contributed by atoms with E-state index in [2.05, 4.69) is 121 Å². The van der Waals surface area contributed by atoms with E-state index in [1.807, 2.05) is 0 Å². The Balaban J connectivity index is 2.12. The maximum atomic E-state index is 2.47. The highest BCUT2D eigenvalue weighted by molar-refractivity contribution is 7.74. The van der Waals surface area contributed by atoms with Gasteiger partial charge in [0.25, 0.3) is 0 Å². The van der Waals surface area contributed by atoms with Gasteiger partial charge in [0, 0.05) is 5.66 Å². The van der Waals surface area contributed by atoms with Gasteiger partial charge in [-0.1, -0.05) is 129 Å². The molecule has 0 aliphatic heterocycles. The zero-order chi connectivity index (χ0) is 21.2. The Bertz CT molecular complexity index is 811. The summed E-state index contributed by atoms with van der Waals surface area (Å²) in [5.41, 5.74) is 2.12. The Kier molecular flexibility index (Phi) is 6.88. The SMILES string of the molecule is C[C@@H](C1=C(P(C(C)(C)C)C(C)(C)C)CC=C1)P(c1ccccc1)c1ccccc1. The molecule has 0 fully saturated rings. The van der Waals surface area contributed by atoms with Crippen LogP contribution in [0.15, 0.2) is 83.7 Å². The average Bonchev–Trinajstić information content (AvgIpc) is 3.10. The smallest absolute Gasteiger partial charge is 0.00968 e. The van der Waals surface area contributed by atoms with Crippen molar-refractivity contribution in [3.8, 4) is 0 Å². The van der Waals surface area contributed by atoms with Gasteiger partial charge < -0.3 is 0 Å². The summed E-state index contributed by atoms with van der Waals surface area (Å²) >= 11 is 0. The lowest BCUT2D eigenvalue weighted by atomic mass is 10.2. The van der Waals surface area contributed by atoms with Crippen molar-refractivity contribution in [2.24, 2.45) is 0 Å².